The second kappa shape index (κ2) is 8.77. The normalized spacial score (nSPS) is 10.7. The molecule has 0 aliphatic rings. The molecule has 1 amide bonds. The van der Waals surface area contributed by atoms with Gasteiger partial charge in [-0.3, -0.25) is 4.79 Å². The molecule has 2 aromatic carbocycles. The topological polar surface area (TPSA) is 85.6 Å². The highest BCUT2D eigenvalue weighted by molar-refractivity contribution is 8.00. The van der Waals surface area contributed by atoms with Gasteiger partial charge < -0.3 is 5.32 Å². The van der Waals surface area contributed by atoms with Crippen LogP contribution in [0.25, 0.3) is 0 Å². The van der Waals surface area contributed by atoms with Crippen molar-refractivity contribution >= 4 is 34.0 Å². The van der Waals surface area contributed by atoms with Crippen molar-refractivity contribution in [3.63, 3.8) is 0 Å². The third kappa shape index (κ3) is 4.62. The number of amides is 1. The van der Waals surface area contributed by atoms with Crippen LogP contribution in [0.3, 0.4) is 0 Å². The molecular weight excluding hydrogens is 392 g/mol. The molecule has 0 spiro atoms. The second-order valence-electron chi connectivity index (χ2n) is 5.83. The number of benzene rings is 2. The third-order valence-electron chi connectivity index (χ3n) is 3.89. The molecule has 0 saturated heterocycles. The number of nitrogens with one attached hydrogen (secondary N) is 1. The molecule has 0 saturated carbocycles. The largest absolute Gasteiger partial charge is 0.312 e. The molecule has 1 N–H and O–H groups in total. The number of thiazole rings is 1. The molecule has 0 aliphatic heterocycles. The van der Waals surface area contributed by atoms with Gasteiger partial charge >= 0.3 is 0 Å². The quantitative estimate of drug-likeness (QED) is 0.501. The molecule has 2 aromatic heterocycles. The van der Waals surface area contributed by atoms with Crippen molar-refractivity contribution in [1.82, 2.24) is 25.2 Å². The Kier molecular flexibility index (Phi) is 5.74. The summed E-state index contributed by atoms with van der Waals surface area (Å²) in [5, 5.41) is 16.1. The highest BCUT2D eigenvalue weighted by Gasteiger charge is 2.13. The second-order valence-corrected chi connectivity index (χ2v) is 8.08. The first kappa shape index (κ1) is 18.3. The number of aromatic nitrogens is 5. The van der Waals surface area contributed by atoms with E-state index in [9.17, 15) is 4.79 Å². The summed E-state index contributed by atoms with van der Waals surface area (Å²) >= 11 is 2.77. The maximum absolute atomic E-state index is 12.2. The Morgan fingerprint density at radius 1 is 1.07 bits per heavy atom. The Hall–Kier alpha value is -3.04. The summed E-state index contributed by atoms with van der Waals surface area (Å²) in [5.41, 5.74) is 1.84. The molecule has 2 heterocycles. The van der Waals surface area contributed by atoms with Crippen molar-refractivity contribution in [1.29, 1.82) is 0 Å². The molecule has 28 heavy (non-hydrogen) atoms. The van der Waals surface area contributed by atoms with Gasteiger partial charge in [0.1, 0.15) is 5.00 Å². The Morgan fingerprint density at radius 3 is 2.61 bits per heavy atom. The van der Waals surface area contributed by atoms with Crippen molar-refractivity contribution < 1.29 is 4.79 Å². The van der Waals surface area contributed by atoms with E-state index in [1.165, 1.54) is 28.7 Å². The number of anilines is 1. The van der Waals surface area contributed by atoms with Gasteiger partial charge in [-0.05, 0) is 46.3 Å². The van der Waals surface area contributed by atoms with Crippen LogP contribution in [-0.2, 0) is 13.0 Å². The van der Waals surface area contributed by atoms with Crippen LogP contribution in [0.1, 0.15) is 15.9 Å². The summed E-state index contributed by atoms with van der Waals surface area (Å²) < 4.78 is 2.53. The van der Waals surface area contributed by atoms with Gasteiger partial charge in [-0.15, -0.1) is 5.10 Å². The minimum Gasteiger partial charge on any atom is -0.312 e. The van der Waals surface area contributed by atoms with E-state index in [1.807, 2.05) is 36.4 Å². The Labute approximate surface area is 169 Å². The number of aryl methyl sites for hydroxylation is 2. The van der Waals surface area contributed by atoms with Crippen LogP contribution in [0.5, 0.6) is 0 Å². The molecule has 4 aromatic rings. The van der Waals surface area contributed by atoms with Crippen LogP contribution in [0.2, 0.25) is 0 Å². The fourth-order valence-corrected chi connectivity index (χ4v) is 4.28. The highest BCUT2D eigenvalue weighted by Crippen LogP contribution is 2.32. The summed E-state index contributed by atoms with van der Waals surface area (Å²) in [6.45, 7) is 0.683. The number of hydrogen-bond donors (Lipinski definition) is 1. The summed E-state index contributed by atoms with van der Waals surface area (Å²) in [6.07, 6.45) is 2.49. The fourth-order valence-electron chi connectivity index (χ4n) is 2.50. The third-order valence-corrected chi connectivity index (χ3v) is 5.85. The number of hydrogen-bond acceptors (Lipinski definition) is 7. The summed E-state index contributed by atoms with van der Waals surface area (Å²) in [4.78, 5) is 16.6. The lowest BCUT2D eigenvalue weighted by Gasteiger charge is -2.03. The number of carbonyl (C=O) groups excluding carboxylic acids is 1. The van der Waals surface area contributed by atoms with Crippen molar-refractivity contribution in [3.05, 3.63) is 78.0 Å². The minimum atomic E-state index is -0.159. The van der Waals surface area contributed by atoms with Gasteiger partial charge in [0, 0.05) is 12.1 Å². The van der Waals surface area contributed by atoms with Gasteiger partial charge in [0.2, 0.25) is 5.16 Å². The molecule has 0 unspecified atom stereocenters. The van der Waals surface area contributed by atoms with E-state index in [1.54, 1.807) is 23.0 Å². The Bertz CT molecular complexity index is 1050. The molecule has 7 nitrogen and oxygen atoms in total. The maximum atomic E-state index is 12.2. The summed E-state index contributed by atoms with van der Waals surface area (Å²) in [7, 11) is 0. The maximum Gasteiger partial charge on any atom is 0.256 e. The van der Waals surface area contributed by atoms with E-state index in [-0.39, 0.29) is 5.91 Å². The van der Waals surface area contributed by atoms with Crippen LogP contribution >= 0.6 is 23.1 Å². The van der Waals surface area contributed by atoms with Gasteiger partial charge in [0.05, 0.1) is 6.20 Å². The lowest BCUT2D eigenvalue weighted by atomic mass is 10.2. The molecule has 0 bridgehead atoms. The molecule has 0 radical (unpaired) electrons. The average molecular weight is 409 g/mol. The van der Waals surface area contributed by atoms with E-state index in [4.69, 9.17) is 0 Å². The van der Waals surface area contributed by atoms with Gasteiger partial charge in [0.25, 0.3) is 5.91 Å². The smallest absolute Gasteiger partial charge is 0.256 e. The van der Waals surface area contributed by atoms with Gasteiger partial charge in [-0.1, -0.05) is 59.9 Å². The molecule has 0 fully saturated rings. The Balaban J connectivity index is 1.38. The Morgan fingerprint density at radius 2 is 1.82 bits per heavy atom. The van der Waals surface area contributed by atoms with E-state index < -0.39 is 0 Å². The predicted octanol–water partition coefficient (Wildman–Crippen LogP) is 3.78. The first-order valence-electron chi connectivity index (χ1n) is 8.58. The van der Waals surface area contributed by atoms with Crippen molar-refractivity contribution in [3.8, 4) is 0 Å². The average Bonchev–Trinajstić information content (AvgIpc) is 3.37. The van der Waals surface area contributed by atoms with Gasteiger partial charge in [0.15, 0.2) is 4.34 Å². The minimum absolute atomic E-state index is 0.159. The van der Waals surface area contributed by atoms with Gasteiger partial charge in [-0.2, -0.15) is 0 Å². The molecule has 4 rings (SSSR count). The number of nitrogens with zero attached hydrogens (tertiary/aromatic N) is 5. The van der Waals surface area contributed by atoms with Crippen LogP contribution in [0, 0.1) is 0 Å². The highest BCUT2D eigenvalue weighted by atomic mass is 32.2. The number of carbonyl (C=O) groups is 1. The molecule has 0 atom stereocenters. The lowest BCUT2D eigenvalue weighted by Crippen LogP contribution is -2.10. The van der Waals surface area contributed by atoms with E-state index in [2.05, 4.69) is 38.0 Å². The van der Waals surface area contributed by atoms with Crippen LogP contribution in [0.15, 0.2) is 76.4 Å². The van der Waals surface area contributed by atoms with Crippen LogP contribution < -0.4 is 5.32 Å². The molecule has 140 valence electrons. The molecule has 0 aliphatic carbocycles. The summed E-state index contributed by atoms with van der Waals surface area (Å²) in [6, 6.07) is 19.3. The van der Waals surface area contributed by atoms with Gasteiger partial charge in [-0.25, -0.2) is 9.67 Å². The standard InChI is InChI=1S/C19H16N6OS2/c26-17(15-9-5-2-6-10-15)21-16-13-20-19(27-16)28-18-22-23-24-25(18)12-11-14-7-3-1-4-8-14/h1-10,13H,11-12H2,(H,21,26). The molecule has 9 heteroatoms. The first-order valence-corrected chi connectivity index (χ1v) is 10.2. The van der Waals surface area contributed by atoms with E-state index in [0.717, 1.165) is 10.8 Å². The number of tetrazole rings is 1. The number of rotatable bonds is 7. The van der Waals surface area contributed by atoms with Crippen LogP contribution in [0.4, 0.5) is 5.00 Å². The predicted molar refractivity (Wildman–Crippen MR) is 109 cm³/mol. The zero-order valence-electron chi connectivity index (χ0n) is 14.7. The van der Waals surface area contributed by atoms with Crippen LogP contribution in [-0.4, -0.2) is 31.1 Å². The zero-order chi connectivity index (χ0) is 19.2. The lowest BCUT2D eigenvalue weighted by molar-refractivity contribution is 0.102. The SMILES string of the molecule is O=C(Nc1cnc(Sc2nnnn2CCc2ccccc2)s1)c1ccccc1. The molecular formula is C19H16N6OS2. The fraction of sp³-hybridized carbons (Fsp3) is 0.105. The van der Waals surface area contributed by atoms with E-state index >= 15 is 0 Å². The van der Waals surface area contributed by atoms with E-state index in [0.29, 0.717) is 22.3 Å². The zero-order valence-corrected chi connectivity index (χ0v) is 16.4. The first-order chi connectivity index (χ1) is 13.8. The monoisotopic (exact) mass is 408 g/mol. The van der Waals surface area contributed by atoms with Crippen molar-refractivity contribution in [2.45, 2.75) is 22.5 Å². The van der Waals surface area contributed by atoms with Crippen molar-refractivity contribution in [2.75, 3.05) is 5.32 Å². The van der Waals surface area contributed by atoms with Crippen molar-refractivity contribution in [2.24, 2.45) is 0 Å². The summed E-state index contributed by atoms with van der Waals surface area (Å²) in [5.74, 6) is -0.159.